The Bertz CT molecular complexity index is 464. The van der Waals surface area contributed by atoms with Crippen LogP contribution in [0.4, 0.5) is 5.69 Å². The molecular weight excluding hydrogens is 262 g/mol. The summed E-state index contributed by atoms with van der Waals surface area (Å²) in [4.78, 5) is 14.1. The van der Waals surface area contributed by atoms with Crippen molar-refractivity contribution in [3.8, 4) is 0 Å². The predicted molar refractivity (Wildman–Crippen MR) is 78.4 cm³/mol. The summed E-state index contributed by atoms with van der Waals surface area (Å²) < 4.78 is 0. The van der Waals surface area contributed by atoms with Crippen molar-refractivity contribution in [2.24, 2.45) is 5.73 Å². The van der Waals surface area contributed by atoms with E-state index in [9.17, 15) is 4.79 Å². The van der Waals surface area contributed by atoms with Crippen molar-refractivity contribution in [1.29, 1.82) is 0 Å². The van der Waals surface area contributed by atoms with Gasteiger partial charge in [0, 0.05) is 20.1 Å². The van der Waals surface area contributed by atoms with Gasteiger partial charge in [0.15, 0.2) is 0 Å². The first-order chi connectivity index (χ1) is 9.19. The van der Waals surface area contributed by atoms with Gasteiger partial charge in [-0.15, -0.1) is 0 Å². The first-order valence-electron chi connectivity index (χ1n) is 6.64. The quantitative estimate of drug-likeness (QED) is 0.890. The maximum absolute atomic E-state index is 12.0. The van der Waals surface area contributed by atoms with E-state index in [2.05, 4.69) is 10.2 Å². The summed E-state index contributed by atoms with van der Waals surface area (Å²) in [5.41, 5.74) is 7.70. The molecular formula is C14H20ClN3O. The van der Waals surface area contributed by atoms with Crippen LogP contribution in [0.3, 0.4) is 0 Å². The number of nitrogens with two attached hydrogens (primary N) is 1. The molecule has 1 saturated heterocycles. The van der Waals surface area contributed by atoms with Crippen molar-refractivity contribution in [3.63, 3.8) is 0 Å². The minimum absolute atomic E-state index is 0.0441. The molecule has 1 atom stereocenters. The van der Waals surface area contributed by atoms with E-state index < -0.39 is 0 Å². The minimum Gasteiger partial charge on any atom is -0.358 e. The molecule has 1 aliphatic rings. The lowest BCUT2D eigenvalue weighted by atomic mass is 9.99. The second-order valence-corrected chi connectivity index (χ2v) is 5.18. The second-order valence-electron chi connectivity index (χ2n) is 4.77. The number of para-hydroxylation sites is 1. The zero-order valence-corrected chi connectivity index (χ0v) is 11.9. The van der Waals surface area contributed by atoms with Crippen LogP contribution in [-0.4, -0.2) is 25.5 Å². The number of hydrogen-bond donors (Lipinski definition) is 2. The van der Waals surface area contributed by atoms with Crippen molar-refractivity contribution >= 4 is 23.2 Å². The van der Waals surface area contributed by atoms with Gasteiger partial charge in [0.2, 0.25) is 5.91 Å². The van der Waals surface area contributed by atoms with Crippen molar-refractivity contribution in [3.05, 3.63) is 28.8 Å². The zero-order valence-electron chi connectivity index (χ0n) is 11.2. The Labute approximate surface area is 118 Å². The first-order valence-corrected chi connectivity index (χ1v) is 7.02. The summed E-state index contributed by atoms with van der Waals surface area (Å²) in [5, 5.41) is 3.40. The van der Waals surface area contributed by atoms with Crippen LogP contribution in [0.25, 0.3) is 0 Å². The Kier molecular flexibility index (Phi) is 4.66. The lowest BCUT2D eigenvalue weighted by Gasteiger charge is -2.37. The maximum atomic E-state index is 12.0. The zero-order chi connectivity index (χ0) is 13.8. The molecule has 4 nitrogen and oxygen atoms in total. The molecule has 19 heavy (non-hydrogen) atoms. The molecule has 1 unspecified atom stereocenters. The Hall–Kier alpha value is -1.26. The molecule has 0 spiro atoms. The van der Waals surface area contributed by atoms with Gasteiger partial charge in [-0.05, 0) is 30.9 Å². The number of halogens is 1. The summed E-state index contributed by atoms with van der Waals surface area (Å²) in [5.74, 6) is 0.0441. The Morgan fingerprint density at radius 1 is 1.53 bits per heavy atom. The van der Waals surface area contributed by atoms with Crippen molar-refractivity contribution in [2.75, 3.05) is 18.5 Å². The predicted octanol–water partition coefficient (Wildman–Crippen LogP) is 1.90. The van der Waals surface area contributed by atoms with Crippen LogP contribution in [0, 0.1) is 0 Å². The van der Waals surface area contributed by atoms with Crippen molar-refractivity contribution in [1.82, 2.24) is 5.32 Å². The van der Waals surface area contributed by atoms with E-state index in [0.29, 0.717) is 11.6 Å². The number of hydrogen-bond acceptors (Lipinski definition) is 3. The molecule has 0 aromatic heterocycles. The number of anilines is 1. The Balaban J connectivity index is 2.40. The normalized spacial score (nSPS) is 19.3. The molecule has 1 fully saturated rings. The van der Waals surface area contributed by atoms with Crippen LogP contribution in [0.5, 0.6) is 0 Å². The van der Waals surface area contributed by atoms with Gasteiger partial charge in [-0.2, -0.15) is 0 Å². The van der Waals surface area contributed by atoms with Gasteiger partial charge in [0.1, 0.15) is 6.04 Å². The third kappa shape index (κ3) is 2.85. The molecule has 0 aliphatic carbocycles. The van der Waals surface area contributed by atoms with E-state index in [0.717, 1.165) is 37.1 Å². The number of carbonyl (C=O) groups is 1. The van der Waals surface area contributed by atoms with Gasteiger partial charge in [0.25, 0.3) is 0 Å². The summed E-state index contributed by atoms with van der Waals surface area (Å²) in [6.07, 6.45) is 2.99. The molecule has 0 bridgehead atoms. The fourth-order valence-corrected chi connectivity index (χ4v) is 2.99. The van der Waals surface area contributed by atoms with Crippen LogP contribution in [0.1, 0.15) is 24.8 Å². The smallest absolute Gasteiger partial charge is 0.242 e. The molecule has 3 N–H and O–H groups in total. The van der Waals surface area contributed by atoms with Gasteiger partial charge in [0.05, 0.1) is 10.7 Å². The largest absolute Gasteiger partial charge is 0.358 e. The first kappa shape index (κ1) is 14.2. The third-order valence-corrected chi connectivity index (χ3v) is 3.93. The second kappa shape index (κ2) is 6.26. The van der Waals surface area contributed by atoms with Gasteiger partial charge < -0.3 is 16.0 Å². The lowest BCUT2D eigenvalue weighted by Crippen LogP contribution is -2.49. The van der Waals surface area contributed by atoms with Gasteiger partial charge >= 0.3 is 0 Å². The molecule has 1 aromatic rings. The molecule has 1 amide bonds. The fraction of sp³-hybridized carbons (Fsp3) is 0.500. The number of nitrogens with one attached hydrogen (secondary N) is 1. The number of nitrogens with zero attached hydrogens (tertiary/aromatic N) is 1. The van der Waals surface area contributed by atoms with Crippen molar-refractivity contribution < 1.29 is 4.79 Å². The highest BCUT2D eigenvalue weighted by atomic mass is 35.5. The van der Waals surface area contributed by atoms with E-state index in [4.69, 9.17) is 17.3 Å². The number of benzene rings is 1. The van der Waals surface area contributed by atoms with E-state index in [1.165, 1.54) is 0 Å². The third-order valence-electron chi connectivity index (χ3n) is 3.63. The standard InChI is InChI=1S/C14H20ClN3O/c1-17-14(19)12-7-2-3-8-18(12)13-10(9-16)5-4-6-11(13)15/h4-6,12H,2-3,7-9,16H2,1H3,(H,17,19). The van der Waals surface area contributed by atoms with Crippen LogP contribution < -0.4 is 16.0 Å². The fourth-order valence-electron chi connectivity index (χ4n) is 2.68. The average molecular weight is 282 g/mol. The number of piperidine rings is 1. The molecule has 0 radical (unpaired) electrons. The summed E-state index contributed by atoms with van der Waals surface area (Å²) in [6.45, 7) is 1.27. The highest BCUT2D eigenvalue weighted by Gasteiger charge is 2.30. The van der Waals surface area contributed by atoms with Crippen molar-refractivity contribution in [2.45, 2.75) is 31.8 Å². The monoisotopic (exact) mass is 281 g/mol. The molecule has 0 saturated carbocycles. The summed E-state index contributed by atoms with van der Waals surface area (Å²) in [6, 6.07) is 5.57. The molecule has 1 aliphatic heterocycles. The summed E-state index contributed by atoms with van der Waals surface area (Å²) >= 11 is 6.33. The Morgan fingerprint density at radius 3 is 3.00 bits per heavy atom. The summed E-state index contributed by atoms with van der Waals surface area (Å²) in [7, 11) is 1.67. The number of rotatable bonds is 3. The van der Waals surface area contributed by atoms with Crippen LogP contribution in [0.2, 0.25) is 5.02 Å². The van der Waals surface area contributed by atoms with Gasteiger partial charge in [-0.3, -0.25) is 4.79 Å². The van der Waals surface area contributed by atoms with Crippen LogP contribution >= 0.6 is 11.6 Å². The number of carbonyl (C=O) groups excluding carboxylic acids is 1. The van der Waals surface area contributed by atoms with E-state index >= 15 is 0 Å². The Morgan fingerprint density at radius 2 is 2.32 bits per heavy atom. The molecule has 1 heterocycles. The SMILES string of the molecule is CNC(=O)C1CCCCN1c1c(Cl)cccc1CN. The highest BCUT2D eigenvalue weighted by molar-refractivity contribution is 6.33. The van der Waals surface area contributed by atoms with Crippen LogP contribution in [0.15, 0.2) is 18.2 Å². The highest BCUT2D eigenvalue weighted by Crippen LogP contribution is 2.34. The van der Waals surface area contributed by atoms with E-state index in [1.807, 2.05) is 18.2 Å². The number of likely N-dealkylation sites (N-methyl/N-ethyl adjacent to an activating group) is 1. The molecule has 5 heteroatoms. The minimum atomic E-state index is -0.149. The maximum Gasteiger partial charge on any atom is 0.242 e. The van der Waals surface area contributed by atoms with Gasteiger partial charge in [-0.1, -0.05) is 23.7 Å². The average Bonchev–Trinajstić information content (AvgIpc) is 2.46. The molecule has 1 aromatic carbocycles. The van der Waals surface area contributed by atoms with E-state index in [1.54, 1.807) is 7.05 Å². The lowest BCUT2D eigenvalue weighted by molar-refractivity contribution is -0.122. The molecule has 2 rings (SSSR count). The number of amides is 1. The molecule has 104 valence electrons. The van der Waals surface area contributed by atoms with Crippen LogP contribution in [-0.2, 0) is 11.3 Å². The van der Waals surface area contributed by atoms with Gasteiger partial charge in [-0.25, -0.2) is 0 Å². The topological polar surface area (TPSA) is 58.4 Å². The van der Waals surface area contributed by atoms with E-state index in [-0.39, 0.29) is 11.9 Å².